The molecule has 2 nitrogen and oxygen atoms in total. The Morgan fingerprint density at radius 3 is 2.44 bits per heavy atom. The molecule has 0 bridgehead atoms. The molecule has 0 heterocycles. The van der Waals surface area contributed by atoms with Crippen LogP contribution in [0.4, 0.5) is 8.78 Å². The molecule has 18 heavy (non-hydrogen) atoms. The summed E-state index contributed by atoms with van der Waals surface area (Å²) in [4.78, 5) is 0. The van der Waals surface area contributed by atoms with Crippen molar-refractivity contribution in [2.75, 3.05) is 6.61 Å². The number of hydrogen-bond donors (Lipinski definition) is 2. The molecule has 4 heteroatoms. The highest BCUT2D eigenvalue weighted by Gasteiger charge is 2.19. The number of hydrogen-bond acceptors (Lipinski definition) is 2. The van der Waals surface area contributed by atoms with Crippen molar-refractivity contribution in [3.05, 3.63) is 35.4 Å². The van der Waals surface area contributed by atoms with E-state index in [0.717, 1.165) is 37.3 Å². The molecule has 0 atom stereocenters. The van der Waals surface area contributed by atoms with Crippen LogP contribution in [0.15, 0.2) is 18.2 Å². The lowest BCUT2D eigenvalue weighted by Crippen LogP contribution is -2.33. The topological polar surface area (TPSA) is 32.3 Å². The maximum atomic E-state index is 13.0. The second-order valence-electron chi connectivity index (χ2n) is 5.03. The predicted octanol–water partition coefficient (Wildman–Crippen LogP) is 2.61. The van der Waals surface area contributed by atoms with E-state index in [-0.39, 0.29) is 6.61 Å². The van der Waals surface area contributed by atoms with Crippen LogP contribution in [-0.2, 0) is 6.54 Å². The summed E-state index contributed by atoms with van der Waals surface area (Å²) in [6.07, 6.45) is 4.14. The molecule has 0 saturated heterocycles. The van der Waals surface area contributed by atoms with E-state index < -0.39 is 11.6 Å². The van der Waals surface area contributed by atoms with Crippen LogP contribution in [0.5, 0.6) is 0 Å². The molecule has 1 aromatic rings. The standard InChI is InChI=1S/C14H19F2NO/c15-13-6-3-11(7-14(13)16)8-17-12-4-1-10(9-18)2-5-12/h3,6-7,10,12,17-18H,1-2,4-5,8-9H2. The number of aliphatic hydroxyl groups excluding tert-OH is 1. The van der Waals surface area contributed by atoms with Crippen molar-refractivity contribution in [2.24, 2.45) is 5.92 Å². The lowest BCUT2D eigenvalue weighted by molar-refractivity contribution is 0.175. The zero-order valence-electron chi connectivity index (χ0n) is 10.3. The van der Waals surface area contributed by atoms with Crippen LogP contribution in [0, 0.1) is 17.6 Å². The number of rotatable bonds is 4. The van der Waals surface area contributed by atoms with Crippen LogP contribution in [0.2, 0.25) is 0 Å². The maximum absolute atomic E-state index is 13.0. The van der Waals surface area contributed by atoms with Gasteiger partial charge in [0, 0.05) is 19.2 Å². The molecule has 0 aromatic heterocycles. The molecule has 1 aromatic carbocycles. The number of nitrogens with one attached hydrogen (secondary N) is 1. The highest BCUT2D eigenvalue weighted by molar-refractivity contribution is 5.17. The molecule has 1 saturated carbocycles. The minimum Gasteiger partial charge on any atom is -0.396 e. The second-order valence-corrected chi connectivity index (χ2v) is 5.03. The van der Waals surface area contributed by atoms with Crippen LogP contribution >= 0.6 is 0 Å². The third-order valence-electron chi connectivity index (χ3n) is 3.68. The molecule has 0 spiro atoms. The molecule has 2 N–H and O–H groups in total. The largest absolute Gasteiger partial charge is 0.396 e. The minimum atomic E-state index is -0.804. The van der Waals surface area contributed by atoms with Crippen molar-refractivity contribution in [1.82, 2.24) is 5.32 Å². The van der Waals surface area contributed by atoms with E-state index in [1.54, 1.807) is 6.07 Å². The molecular formula is C14H19F2NO. The van der Waals surface area contributed by atoms with Crippen molar-refractivity contribution in [1.29, 1.82) is 0 Å². The average molecular weight is 255 g/mol. The zero-order chi connectivity index (χ0) is 13.0. The third kappa shape index (κ3) is 3.50. The fourth-order valence-electron chi connectivity index (χ4n) is 2.46. The van der Waals surface area contributed by atoms with Gasteiger partial charge in [-0.2, -0.15) is 0 Å². The number of halogens is 2. The molecule has 1 aliphatic rings. The van der Waals surface area contributed by atoms with Gasteiger partial charge < -0.3 is 10.4 Å². The van der Waals surface area contributed by atoms with Crippen LogP contribution in [0.1, 0.15) is 31.2 Å². The summed E-state index contributed by atoms with van der Waals surface area (Å²) in [7, 11) is 0. The SMILES string of the molecule is OCC1CCC(NCc2ccc(F)c(F)c2)CC1. The van der Waals surface area contributed by atoms with Gasteiger partial charge in [0.1, 0.15) is 0 Å². The molecule has 2 rings (SSSR count). The fourth-order valence-corrected chi connectivity index (χ4v) is 2.46. The number of benzene rings is 1. The lowest BCUT2D eigenvalue weighted by atomic mass is 9.86. The lowest BCUT2D eigenvalue weighted by Gasteiger charge is -2.28. The van der Waals surface area contributed by atoms with Crippen molar-refractivity contribution >= 4 is 0 Å². The van der Waals surface area contributed by atoms with Crippen molar-refractivity contribution < 1.29 is 13.9 Å². The van der Waals surface area contributed by atoms with Gasteiger partial charge in [0.25, 0.3) is 0 Å². The Kier molecular flexibility index (Phi) is 4.66. The molecule has 1 aliphatic carbocycles. The monoisotopic (exact) mass is 255 g/mol. The van der Waals surface area contributed by atoms with E-state index in [0.29, 0.717) is 18.5 Å². The van der Waals surface area contributed by atoms with Crippen LogP contribution in [0.25, 0.3) is 0 Å². The summed E-state index contributed by atoms with van der Waals surface area (Å²) < 4.78 is 25.8. The second kappa shape index (κ2) is 6.25. The molecule has 1 fully saturated rings. The summed E-state index contributed by atoms with van der Waals surface area (Å²) in [6.45, 7) is 0.835. The summed E-state index contributed by atoms with van der Waals surface area (Å²) in [5, 5.41) is 12.4. The minimum absolute atomic E-state index is 0.274. The Morgan fingerprint density at radius 1 is 1.11 bits per heavy atom. The van der Waals surface area contributed by atoms with Gasteiger partial charge in [-0.05, 0) is 49.3 Å². The van der Waals surface area contributed by atoms with Gasteiger partial charge in [-0.15, -0.1) is 0 Å². The molecule has 100 valence electrons. The van der Waals surface area contributed by atoms with Gasteiger partial charge in [0.15, 0.2) is 11.6 Å². The molecule has 0 unspecified atom stereocenters. The number of aliphatic hydroxyl groups is 1. The highest BCUT2D eigenvalue weighted by atomic mass is 19.2. The normalized spacial score (nSPS) is 24.2. The van der Waals surface area contributed by atoms with Crippen molar-refractivity contribution in [3.63, 3.8) is 0 Å². The predicted molar refractivity (Wildman–Crippen MR) is 66.0 cm³/mol. The Balaban J connectivity index is 1.79. The van der Waals surface area contributed by atoms with Crippen molar-refractivity contribution in [3.8, 4) is 0 Å². The van der Waals surface area contributed by atoms with Gasteiger partial charge in [0.2, 0.25) is 0 Å². The molecule has 0 radical (unpaired) electrons. The van der Waals surface area contributed by atoms with Crippen LogP contribution in [-0.4, -0.2) is 17.8 Å². The maximum Gasteiger partial charge on any atom is 0.159 e. The Bertz CT molecular complexity index is 389. The van der Waals surface area contributed by atoms with E-state index in [4.69, 9.17) is 5.11 Å². The zero-order valence-corrected chi connectivity index (χ0v) is 10.3. The van der Waals surface area contributed by atoms with Gasteiger partial charge in [-0.25, -0.2) is 8.78 Å². The first-order valence-electron chi connectivity index (χ1n) is 6.47. The Labute approximate surface area is 106 Å². The van der Waals surface area contributed by atoms with E-state index in [2.05, 4.69) is 5.32 Å². The Hall–Kier alpha value is -1.00. The van der Waals surface area contributed by atoms with E-state index in [1.807, 2.05) is 0 Å². The van der Waals surface area contributed by atoms with E-state index in [1.165, 1.54) is 6.07 Å². The molecule has 0 amide bonds. The highest BCUT2D eigenvalue weighted by Crippen LogP contribution is 2.23. The van der Waals surface area contributed by atoms with E-state index in [9.17, 15) is 8.78 Å². The van der Waals surface area contributed by atoms with Gasteiger partial charge in [-0.1, -0.05) is 6.07 Å². The van der Waals surface area contributed by atoms with E-state index >= 15 is 0 Å². The van der Waals surface area contributed by atoms with Gasteiger partial charge in [0.05, 0.1) is 0 Å². The van der Waals surface area contributed by atoms with Crippen LogP contribution < -0.4 is 5.32 Å². The Morgan fingerprint density at radius 2 is 1.83 bits per heavy atom. The van der Waals surface area contributed by atoms with Crippen LogP contribution in [0.3, 0.4) is 0 Å². The summed E-state index contributed by atoms with van der Waals surface area (Å²) in [5.41, 5.74) is 0.762. The first kappa shape index (κ1) is 13.4. The summed E-state index contributed by atoms with van der Waals surface area (Å²) in [5.74, 6) is -1.16. The third-order valence-corrected chi connectivity index (χ3v) is 3.68. The smallest absolute Gasteiger partial charge is 0.159 e. The molecule has 0 aliphatic heterocycles. The fraction of sp³-hybridized carbons (Fsp3) is 0.571. The summed E-state index contributed by atoms with van der Waals surface area (Å²) in [6, 6.07) is 4.42. The summed E-state index contributed by atoms with van der Waals surface area (Å²) >= 11 is 0. The van der Waals surface area contributed by atoms with Crippen molar-refractivity contribution in [2.45, 2.75) is 38.3 Å². The first-order valence-corrected chi connectivity index (χ1v) is 6.47. The molecular weight excluding hydrogens is 236 g/mol. The first-order chi connectivity index (χ1) is 8.69. The van der Waals surface area contributed by atoms with Gasteiger partial charge in [-0.3, -0.25) is 0 Å². The quantitative estimate of drug-likeness (QED) is 0.866. The average Bonchev–Trinajstić information content (AvgIpc) is 2.41. The van der Waals surface area contributed by atoms with Gasteiger partial charge >= 0.3 is 0 Å².